The first kappa shape index (κ1) is 22.4. The van der Waals surface area contributed by atoms with Crippen LogP contribution in [0.3, 0.4) is 0 Å². The highest BCUT2D eigenvalue weighted by Gasteiger charge is 2.33. The molecule has 4 rings (SSSR count). The maximum atomic E-state index is 13.5. The van der Waals surface area contributed by atoms with Crippen LogP contribution in [-0.4, -0.2) is 23.1 Å². The number of allylic oxidation sites excluding steroid dienone is 1. The van der Waals surface area contributed by atoms with Crippen molar-refractivity contribution in [2.45, 2.75) is 26.8 Å². The summed E-state index contributed by atoms with van der Waals surface area (Å²) in [5.74, 6) is -0.451. The fourth-order valence-electron chi connectivity index (χ4n) is 3.69. The highest BCUT2D eigenvalue weighted by molar-refractivity contribution is 7.07. The minimum absolute atomic E-state index is 0.227. The van der Waals surface area contributed by atoms with Gasteiger partial charge in [0.2, 0.25) is 0 Å². The summed E-state index contributed by atoms with van der Waals surface area (Å²) in [6.45, 7) is 5.07. The van der Waals surface area contributed by atoms with Crippen LogP contribution < -0.4 is 19.6 Å². The minimum atomic E-state index is -0.630. The van der Waals surface area contributed by atoms with Gasteiger partial charge in [0.25, 0.3) is 5.56 Å². The smallest absolute Gasteiger partial charge is 0.338 e. The molecule has 33 heavy (non-hydrogen) atoms. The van der Waals surface area contributed by atoms with E-state index < -0.39 is 18.0 Å². The molecule has 0 N–H and O–H groups in total. The maximum absolute atomic E-state index is 13.5. The predicted octanol–water partition coefficient (Wildman–Crippen LogP) is 2.72. The lowest BCUT2D eigenvalue weighted by Crippen LogP contribution is -2.39. The lowest BCUT2D eigenvalue weighted by atomic mass is 9.96. The lowest BCUT2D eigenvalue weighted by molar-refractivity contribution is -0.139. The number of benzene rings is 2. The first-order valence-corrected chi connectivity index (χ1v) is 11.2. The van der Waals surface area contributed by atoms with Crippen LogP contribution in [0.25, 0.3) is 6.08 Å². The number of esters is 2. The standard InChI is InChI=1S/C25H22N2O5S/c1-4-31-24(30)21-15(2)26-25-27(22(21)18-8-6-5-7-9-18)23(29)20(33-25)14-17-10-12-19(13-11-17)32-16(3)28/h5-14,22H,4H2,1-3H3/t22-/m0/s1. The van der Waals surface area contributed by atoms with Crippen LogP contribution in [0.5, 0.6) is 5.75 Å². The van der Waals surface area contributed by atoms with Crippen molar-refractivity contribution < 1.29 is 19.1 Å². The average Bonchev–Trinajstić information content (AvgIpc) is 3.09. The number of nitrogens with zero attached hydrogens (tertiary/aromatic N) is 2. The van der Waals surface area contributed by atoms with Crippen LogP contribution in [0.15, 0.2) is 75.7 Å². The highest BCUT2D eigenvalue weighted by atomic mass is 32.1. The van der Waals surface area contributed by atoms with Gasteiger partial charge in [0.1, 0.15) is 5.75 Å². The number of carbonyl (C=O) groups is 2. The van der Waals surface area contributed by atoms with Crippen LogP contribution in [0.4, 0.5) is 0 Å². The van der Waals surface area contributed by atoms with Crippen LogP contribution in [0.1, 0.15) is 37.9 Å². The second-order valence-electron chi connectivity index (χ2n) is 7.38. The maximum Gasteiger partial charge on any atom is 0.338 e. The lowest BCUT2D eigenvalue weighted by Gasteiger charge is -2.24. The van der Waals surface area contributed by atoms with Crippen molar-refractivity contribution in [1.82, 2.24) is 4.57 Å². The molecule has 0 spiro atoms. The molecule has 1 atom stereocenters. The summed E-state index contributed by atoms with van der Waals surface area (Å²) in [6.07, 6.45) is 1.76. The summed E-state index contributed by atoms with van der Waals surface area (Å²) < 4.78 is 12.4. The molecule has 3 aromatic rings. The summed E-state index contributed by atoms with van der Waals surface area (Å²) in [6, 6.07) is 15.6. The molecule has 0 amide bonds. The van der Waals surface area contributed by atoms with Gasteiger partial charge in [0.15, 0.2) is 4.80 Å². The molecule has 8 heteroatoms. The quantitative estimate of drug-likeness (QED) is 0.430. The number of rotatable bonds is 5. The van der Waals surface area contributed by atoms with Gasteiger partial charge in [-0.2, -0.15) is 0 Å². The van der Waals surface area contributed by atoms with E-state index in [0.29, 0.717) is 26.4 Å². The first-order chi connectivity index (χ1) is 15.9. The zero-order chi connectivity index (χ0) is 23.5. The van der Waals surface area contributed by atoms with E-state index >= 15 is 0 Å². The topological polar surface area (TPSA) is 87.0 Å². The van der Waals surface area contributed by atoms with Gasteiger partial charge in [-0.05, 0) is 43.2 Å². The Morgan fingerprint density at radius 3 is 2.45 bits per heavy atom. The fraction of sp³-hybridized carbons (Fsp3) is 0.200. The Labute approximate surface area is 193 Å². The summed E-state index contributed by atoms with van der Waals surface area (Å²) in [4.78, 5) is 42.5. The van der Waals surface area contributed by atoms with Gasteiger partial charge in [-0.3, -0.25) is 14.2 Å². The van der Waals surface area contributed by atoms with Crippen molar-refractivity contribution in [3.8, 4) is 5.75 Å². The van der Waals surface area contributed by atoms with Gasteiger partial charge in [-0.25, -0.2) is 9.79 Å². The Kier molecular flexibility index (Phi) is 6.37. The highest BCUT2D eigenvalue weighted by Crippen LogP contribution is 2.30. The summed E-state index contributed by atoms with van der Waals surface area (Å²) in [7, 11) is 0. The van der Waals surface area contributed by atoms with Crippen LogP contribution in [-0.2, 0) is 14.3 Å². The van der Waals surface area contributed by atoms with Crippen LogP contribution >= 0.6 is 11.3 Å². The molecule has 0 saturated carbocycles. The van der Waals surface area contributed by atoms with E-state index in [4.69, 9.17) is 9.47 Å². The molecule has 7 nitrogen and oxygen atoms in total. The molecule has 0 unspecified atom stereocenters. The molecule has 2 heterocycles. The van der Waals surface area contributed by atoms with Crippen molar-refractivity contribution in [2.24, 2.45) is 4.99 Å². The summed E-state index contributed by atoms with van der Waals surface area (Å²) >= 11 is 1.26. The molecule has 168 valence electrons. The third-order valence-corrected chi connectivity index (χ3v) is 6.05. The van der Waals surface area contributed by atoms with E-state index in [1.807, 2.05) is 30.3 Å². The molecule has 0 saturated heterocycles. The predicted molar refractivity (Wildman–Crippen MR) is 125 cm³/mol. The third-order valence-electron chi connectivity index (χ3n) is 5.07. The molecule has 2 aromatic carbocycles. The largest absolute Gasteiger partial charge is 0.463 e. The Balaban J connectivity index is 1.85. The Bertz CT molecular complexity index is 1420. The molecule has 1 aliphatic heterocycles. The number of aromatic nitrogens is 1. The Morgan fingerprint density at radius 2 is 1.82 bits per heavy atom. The molecule has 0 aliphatic carbocycles. The van der Waals surface area contributed by atoms with Crippen molar-refractivity contribution in [2.75, 3.05) is 6.61 Å². The molecular formula is C25H22N2O5S. The number of ether oxygens (including phenoxy) is 2. The summed E-state index contributed by atoms with van der Waals surface area (Å²) in [5.41, 5.74) is 2.21. The molecule has 0 bridgehead atoms. The third kappa shape index (κ3) is 4.56. The molecule has 1 aromatic heterocycles. The molecule has 1 aliphatic rings. The normalized spacial score (nSPS) is 15.6. The second-order valence-corrected chi connectivity index (χ2v) is 8.38. The van der Waals surface area contributed by atoms with Crippen molar-refractivity contribution in [3.63, 3.8) is 0 Å². The average molecular weight is 463 g/mol. The van der Waals surface area contributed by atoms with Gasteiger partial charge < -0.3 is 9.47 Å². The Hall–Kier alpha value is -3.78. The fourth-order valence-corrected chi connectivity index (χ4v) is 4.74. The second kappa shape index (κ2) is 9.38. The van der Waals surface area contributed by atoms with E-state index in [1.54, 1.807) is 48.8 Å². The SMILES string of the molecule is CCOC(=O)C1=C(C)N=c2sc(=Cc3ccc(OC(C)=O)cc3)c(=O)n2[C@H]1c1ccccc1. The van der Waals surface area contributed by atoms with Gasteiger partial charge in [-0.1, -0.05) is 53.8 Å². The van der Waals surface area contributed by atoms with E-state index in [9.17, 15) is 14.4 Å². The number of hydrogen-bond acceptors (Lipinski definition) is 7. The molecular weight excluding hydrogens is 440 g/mol. The summed E-state index contributed by atoms with van der Waals surface area (Å²) in [5, 5.41) is 0. The first-order valence-electron chi connectivity index (χ1n) is 10.4. The van der Waals surface area contributed by atoms with Gasteiger partial charge in [0.05, 0.1) is 28.5 Å². The van der Waals surface area contributed by atoms with Gasteiger partial charge in [-0.15, -0.1) is 0 Å². The van der Waals surface area contributed by atoms with Crippen LogP contribution in [0.2, 0.25) is 0 Å². The number of fused-ring (bicyclic) bond motifs is 1. The minimum Gasteiger partial charge on any atom is -0.463 e. The molecule has 0 fully saturated rings. The van der Waals surface area contributed by atoms with E-state index in [0.717, 1.165) is 11.1 Å². The number of thiazole rings is 1. The van der Waals surface area contributed by atoms with E-state index in [1.165, 1.54) is 18.3 Å². The van der Waals surface area contributed by atoms with Crippen molar-refractivity contribution in [3.05, 3.63) is 96.7 Å². The van der Waals surface area contributed by atoms with Gasteiger partial charge in [0, 0.05) is 6.92 Å². The van der Waals surface area contributed by atoms with Crippen molar-refractivity contribution in [1.29, 1.82) is 0 Å². The molecule has 0 radical (unpaired) electrons. The number of carbonyl (C=O) groups excluding carboxylic acids is 2. The van der Waals surface area contributed by atoms with E-state index in [2.05, 4.69) is 4.99 Å². The Morgan fingerprint density at radius 1 is 1.12 bits per heavy atom. The van der Waals surface area contributed by atoms with Gasteiger partial charge >= 0.3 is 11.9 Å². The van der Waals surface area contributed by atoms with Crippen LogP contribution in [0, 0.1) is 0 Å². The monoisotopic (exact) mass is 462 g/mol. The van der Waals surface area contributed by atoms with E-state index in [-0.39, 0.29) is 12.2 Å². The van der Waals surface area contributed by atoms with Crippen molar-refractivity contribution >= 4 is 29.4 Å². The number of hydrogen-bond donors (Lipinski definition) is 0. The zero-order valence-electron chi connectivity index (χ0n) is 18.4. The zero-order valence-corrected chi connectivity index (χ0v) is 19.2.